The minimum absolute atomic E-state index is 0.0847. The van der Waals surface area contributed by atoms with Crippen LogP contribution in [-0.2, 0) is 0 Å². The maximum absolute atomic E-state index is 9.55. The number of benzene rings is 14. The van der Waals surface area contributed by atoms with Crippen LogP contribution in [0.25, 0.3) is 87.6 Å². The normalized spacial score (nSPS) is 12.6. The van der Waals surface area contributed by atoms with E-state index in [1.807, 2.05) is 48.5 Å². The van der Waals surface area contributed by atoms with Crippen molar-refractivity contribution in [1.82, 2.24) is 0 Å². The molecule has 0 saturated carbocycles. The number of hydrogen-bond acceptors (Lipinski definition) is 5. The van der Waals surface area contributed by atoms with Crippen molar-refractivity contribution in [1.29, 1.82) is 0 Å². The minimum atomic E-state index is -0.0880. The fourth-order valence-electron chi connectivity index (χ4n) is 12.8. The third kappa shape index (κ3) is 21.6. The molecule has 538 valence electrons. The van der Waals surface area contributed by atoms with Gasteiger partial charge in [-0.25, -0.2) is 0 Å². The van der Waals surface area contributed by atoms with Crippen molar-refractivity contribution in [3.05, 3.63) is 331 Å². The number of rotatable bonds is 16. The molecule has 0 radical (unpaired) electrons. The van der Waals surface area contributed by atoms with E-state index in [4.69, 9.17) is 0 Å². The molecule has 0 aliphatic rings. The first-order valence-corrected chi connectivity index (χ1v) is 37.9. The van der Waals surface area contributed by atoms with E-state index in [2.05, 4.69) is 283 Å². The Balaban J connectivity index is 0.000000147. The molecule has 6 atom stereocenters. The van der Waals surface area contributed by atoms with Gasteiger partial charge in [0.2, 0.25) is 0 Å². The number of aromatic hydroxyl groups is 5. The van der Waals surface area contributed by atoms with Gasteiger partial charge in [0.15, 0.2) is 11.5 Å². The molecular weight excluding hydrogens is 1280 g/mol. The first kappa shape index (κ1) is 78.3. The first-order valence-electron chi connectivity index (χ1n) is 37.9. The molecule has 0 aliphatic carbocycles. The molecule has 105 heavy (non-hydrogen) atoms. The summed E-state index contributed by atoms with van der Waals surface area (Å²) in [6, 6.07) is 101. The Morgan fingerprint density at radius 2 is 0.495 bits per heavy atom. The second-order valence-corrected chi connectivity index (χ2v) is 28.3. The Morgan fingerprint density at radius 3 is 0.924 bits per heavy atom. The molecule has 0 aromatic heterocycles. The lowest BCUT2D eigenvalue weighted by molar-refractivity contribution is 0.404. The lowest BCUT2D eigenvalue weighted by Gasteiger charge is -2.12. The molecular formula is C100H108O5. The monoisotopic (exact) mass is 1390 g/mol. The highest BCUT2D eigenvalue weighted by molar-refractivity contribution is 5.99. The average Bonchev–Trinajstić information content (AvgIpc) is 0.798. The van der Waals surface area contributed by atoms with Gasteiger partial charge in [-0.3, -0.25) is 0 Å². The van der Waals surface area contributed by atoms with Crippen LogP contribution < -0.4 is 0 Å². The predicted molar refractivity (Wildman–Crippen MR) is 451 cm³/mol. The van der Waals surface area contributed by atoms with Crippen LogP contribution in [0.1, 0.15) is 190 Å². The largest absolute Gasteiger partial charge is 0.508 e. The van der Waals surface area contributed by atoms with Gasteiger partial charge in [-0.1, -0.05) is 320 Å². The van der Waals surface area contributed by atoms with Gasteiger partial charge in [-0.15, -0.1) is 0 Å². The molecule has 5 heteroatoms. The van der Waals surface area contributed by atoms with E-state index >= 15 is 0 Å². The van der Waals surface area contributed by atoms with Gasteiger partial charge < -0.3 is 25.5 Å². The molecule has 14 rings (SSSR count). The molecule has 14 aromatic carbocycles. The molecule has 5 nitrogen and oxygen atoms in total. The summed E-state index contributed by atoms with van der Waals surface area (Å²) in [5.74, 6) is 4.46. The second kappa shape index (κ2) is 38.6. The number of phenols is 5. The van der Waals surface area contributed by atoms with Crippen molar-refractivity contribution in [2.24, 2.45) is 0 Å². The summed E-state index contributed by atoms with van der Waals surface area (Å²) in [5, 5.41) is 57.2. The van der Waals surface area contributed by atoms with Crippen LogP contribution >= 0.6 is 0 Å². The Hall–Kier alpha value is -10.9. The molecule has 0 aliphatic heterocycles. The molecule has 0 heterocycles. The van der Waals surface area contributed by atoms with Crippen LogP contribution in [0.15, 0.2) is 297 Å². The summed E-state index contributed by atoms with van der Waals surface area (Å²) >= 11 is 0. The topological polar surface area (TPSA) is 101 Å². The zero-order valence-corrected chi connectivity index (χ0v) is 63.7. The summed E-state index contributed by atoms with van der Waals surface area (Å²) < 4.78 is 0. The highest BCUT2D eigenvalue weighted by Crippen LogP contribution is 2.35. The van der Waals surface area contributed by atoms with Crippen molar-refractivity contribution >= 4 is 43.1 Å². The fourth-order valence-corrected chi connectivity index (χ4v) is 12.8. The van der Waals surface area contributed by atoms with E-state index in [9.17, 15) is 25.5 Å². The Labute approximate surface area is 625 Å². The third-order valence-electron chi connectivity index (χ3n) is 21.1. The van der Waals surface area contributed by atoms with Crippen molar-refractivity contribution in [3.8, 4) is 73.3 Å². The predicted octanol–water partition coefficient (Wildman–Crippen LogP) is 29.0. The van der Waals surface area contributed by atoms with Crippen LogP contribution in [0.4, 0.5) is 0 Å². The summed E-state index contributed by atoms with van der Waals surface area (Å²) in [4.78, 5) is 0. The van der Waals surface area contributed by atoms with Gasteiger partial charge in [-0.2, -0.15) is 0 Å². The Bertz CT molecular complexity index is 4970. The van der Waals surface area contributed by atoms with Gasteiger partial charge in [0.05, 0.1) is 0 Å². The second-order valence-electron chi connectivity index (χ2n) is 28.3. The molecule has 5 N–H and O–H groups in total. The lowest BCUT2D eigenvalue weighted by Crippen LogP contribution is -1.92. The van der Waals surface area contributed by atoms with Crippen molar-refractivity contribution < 1.29 is 25.5 Å². The van der Waals surface area contributed by atoms with Crippen molar-refractivity contribution in [3.63, 3.8) is 0 Å². The van der Waals surface area contributed by atoms with Gasteiger partial charge in [0, 0.05) is 0 Å². The standard InChI is InChI=1S/C22H22O.C18H18O.C16H18O2.C16H18O.2C14H16/c1-3-16(2)17-4-6-18(7-5-17)19-8-10-20(11-9-19)21-12-14-22(23)15-13-21;1-3-12(2)13-4-5-14-10-17-11-18(19)7-6-15(17)9-16(14)8-13;1-3-11(2)12-4-6-13(7-5-12)14-8-9-15(17)16(18)10-14;1-3-12(2)13-4-6-14(7-5-13)15-8-10-16(17)11-9-15;1-3-11(2)13-10-6-8-12-7-4-5-9-14(12)13;1-3-11(2)13-9-8-12-6-4-5-7-14(12)10-13/h4-16,23H,3H2,1-2H3;4-12,19H,3H2,1-2H3;4-11,17-18H,3H2,1-2H3;4-12,17H,3H2,1-2H3;2*4-11H,3H2,1-2H3. The summed E-state index contributed by atoms with van der Waals surface area (Å²) in [6.07, 6.45) is 7.03. The van der Waals surface area contributed by atoms with Gasteiger partial charge >= 0.3 is 0 Å². The average molecular weight is 1390 g/mol. The van der Waals surface area contributed by atoms with Gasteiger partial charge in [-0.05, 0) is 256 Å². The molecule has 0 bridgehead atoms. The quantitative estimate of drug-likeness (QED) is 0.0490. The lowest BCUT2D eigenvalue weighted by atomic mass is 9.93. The van der Waals surface area contributed by atoms with E-state index in [0.717, 1.165) is 46.0 Å². The van der Waals surface area contributed by atoms with Crippen LogP contribution in [-0.4, -0.2) is 25.5 Å². The summed E-state index contributed by atoms with van der Waals surface area (Å²) in [5.41, 5.74) is 17.4. The van der Waals surface area contributed by atoms with Crippen LogP contribution in [0.5, 0.6) is 28.7 Å². The Kier molecular flexibility index (Phi) is 28.8. The maximum atomic E-state index is 9.55. The van der Waals surface area contributed by atoms with Crippen LogP contribution in [0, 0.1) is 0 Å². The van der Waals surface area contributed by atoms with Crippen molar-refractivity contribution in [2.45, 2.75) is 157 Å². The summed E-state index contributed by atoms with van der Waals surface area (Å²) in [7, 11) is 0. The van der Waals surface area contributed by atoms with Crippen LogP contribution in [0.2, 0.25) is 0 Å². The van der Waals surface area contributed by atoms with Crippen molar-refractivity contribution in [2.75, 3.05) is 0 Å². The van der Waals surface area contributed by atoms with E-state index in [-0.39, 0.29) is 11.5 Å². The SMILES string of the molecule is CCC(C)c1ccc(-c2ccc(-c3ccc(O)cc3)cc2)cc1.CCC(C)c1ccc(-c2ccc(O)c(O)c2)cc1.CCC(C)c1ccc(-c2ccc(O)cc2)cc1.CCC(C)c1ccc2cc3cc(O)ccc3cc2c1.CCC(C)c1ccc2ccccc2c1.CCC(C)c1cccc2ccccc12. The maximum Gasteiger partial charge on any atom is 0.158 e. The van der Waals surface area contributed by atoms with Gasteiger partial charge in [0.25, 0.3) is 0 Å². The zero-order valence-electron chi connectivity index (χ0n) is 63.7. The highest BCUT2D eigenvalue weighted by Gasteiger charge is 2.12. The summed E-state index contributed by atoms with van der Waals surface area (Å²) in [6.45, 7) is 26.9. The van der Waals surface area contributed by atoms with E-state index in [1.165, 1.54) is 120 Å². The molecule has 0 amide bonds. The number of phenolic OH excluding ortho intramolecular Hbond substituents is 5. The smallest absolute Gasteiger partial charge is 0.158 e. The molecule has 0 saturated heterocycles. The molecule has 0 fully saturated rings. The molecule has 14 aromatic rings. The third-order valence-corrected chi connectivity index (χ3v) is 21.1. The highest BCUT2D eigenvalue weighted by atomic mass is 16.3. The van der Waals surface area contributed by atoms with Gasteiger partial charge in [0.1, 0.15) is 17.2 Å². The zero-order chi connectivity index (χ0) is 74.9. The van der Waals surface area contributed by atoms with E-state index < -0.39 is 0 Å². The number of fused-ring (bicyclic) bond motifs is 4. The fraction of sp³-hybridized carbons (Fsp3) is 0.240. The molecule has 0 spiro atoms. The van der Waals surface area contributed by atoms with Crippen LogP contribution in [0.3, 0.4) is 0 Å². The minimum Gasteiger partial charge on any atom is -0.508 e. The first-order chi connectivity index (χ1) is 50.8. The molecule has 6 unspecified atom stereocenters. The number of hydrogen-bond donors (Lipinski definition) is 5. The van der Waals surface area contributed by atoms with E-state index in [0.29, 0.717) is 52.8 Å². The Morgan fingerprint density at radius 1 is 0.200 bits per heavy atom. The van der Waals surface area contributed by atoms with E-state index in [1.54, 1.807) is 42.5 Å².